The molecule has 4 N–H and O–H groups in total. The van der Waals surface area contributed by atoms with Gasteiger partial charge in [-0.3, -0.25) is 29.7 Å². The van der Waals surface area contributed by atoms with Crippen molar-refractivity contribution >= 4 is 74.9 Å². The number of rotatable bonds is 10. The van der Waals surface area contributed by atoms with Crippen molar-refractivity contribution in [3.05, 3.63) is 88.8 Å². The van der Waals surface area contributed by atoms with Gasteiger partial charge in [-0.2, -0.15) is 4.98 Å². The van der Waals surface area contributed by atoms with Gasteiger partial charge in [0.15, 0.2) is 5.82 Å². The Morgan fingerprint density at radius 2 is 1.76 bits per heavy atom. The lowest BCUT2D eigenvalue weighted by atomic mass is 10.00. The summed E-state index contributed by atoms with van der Waals surface area (Å²) in [6, 6.07) is 15.1. The van der Waals surface area contributed by atoms with Crippen LogP contribution in [0.2, 0.25) is 5.02 Å². The van der Waals surface area contributed by atoms with E-state index in [-0.39, 0.29) is 24.3 Å². The first-order valence-electron chi connectivity index (χ1n) is 18.0. The van der Waals surface area contributed by atoms with Gasteiger partial charge in [-0.1, -0.05) is 24.6 Å². The molecule has 3 aliphatic rings. The number of hydrogen-bond acceptors (Lipinski definition) is 12. The summed E-state index contributed by atoms with van der Waals surface area (Å²) in [4.78, 5) is 59.4. The quantitative estimate of drug-likeness (QED) is 0.124. The SMILES string of the molecule is CCc1cc(Nc2ncc(Cl)c(Nc3ccc4nccnc4c3)n2)c(OC)cc1N1CCC(Nc2cccc3c2CN(C2CCC(=O)NC2=O)C3=O)CC1. The highest BCUT2D eigenvalue weighted by Crippen LogP contribution is 2.38. The predicted molar refractivity (Wildman–Crippen MR) is 207 cm³/mol. The molecular formula is C39H39ClN10O4. The second-order valence-corrected chi connectivity index (χ2v) is 14.0. The van der Waals surface area contributed by atoms with Gasteiger partial charge in [0.1, 0.15) is 16.8 Å². The minimum Gasteiger partial charge on any atom is -0.494 e. The molecular weight excluding hydrogens is 708 g/mol. The second-order valence-electron chi connectivity index (χ2n) is 13.6. The number of piperidine rings is 2. The van der Waals surface area contributed by atoms with Gasteiger partial charge in [0.05, 0.1) is 30.0 Å². The van der Waals surface area contributed by atoms with Crippen LogP contribution in [-0.2, 0) is 22.6 Å². The maximum absolute atomic E-state index is 13.3. The number of ether oxygens (including phenoxy) is 1. The third kappa shape index (κ3) is 6.92. The average molecular weight is 747 g/mol. The minimum atomic E-state index is -0.643. The topological polar surface area (TPSA) is 167 Å². The van der Waals surface area contributed by atoms with E-state index in [9.17, 15) is 14.4 Å². The number of methoxy groups -OCH3 is 1. The lowest BCUT2D eigenvalue weighted by Gasteiger charge is -2.36. The number of carbonyl (C=O) groups is 3. The first-order chi connectivity index (χ1) is 26.3. The molecule has 0 aliphatic carbocycles. The Morgan fingerprint density at radius 3 is 2.54 bits per heavy atom. The van der Waals surface area contributed by atoms with E-state index in [0.29, 0.717) is 41.1 Å². The standard InChI is InChI=1S/C39H39ClN10O4/c1-3-22-17-31(46-39-43-20-27(40)36(48-39)45-24-7-8-29-30(18-24)42-14-13-41-29)34(54-2)19-33(22)49-15-11-23(12-16-49)44-28-6-4-5-25-26(28)21-50(38(25)53)32-9-10-35(51)47-37(32)52/h4-8,13-14,17-20,23,32,44H,3,9-12,15-16,21H2,1-2H3,(H,47,51,52)(H2,43,45,46,48). The second kappa shape index (κ2) is 14.8. The van der Waals surface area contributed by atoms with Crippen LogP contribution in [0.3, 0.4) is 0 Å². The fraction of sp³-hybridized carbons (Fsp3) is 0.308. The predicted octanol–water partition coefficient (Wildman–Crippen LogP) is 5.97. The van der Waals surface area contributed by atoms with Crippen molar-refractivity contribution in [1.82, 2.24) is 30.2 Å². The van der Waals surface area contributed by atoms with Crippen molar-refractivity contribution in [2.24, 2.45) is 0 Å². The van der Waals surface area contributed by atoms with Crippen molar-refractivity contribution in [3.63, 3.8) is 0 Å². The first kappa shape index (κ1) is 35.0. The third-order valence-corrected chi connectivity index (χ3v) is 10.6. The van der Waals surface area contributed by atoms with Crippen molar-refractivity contribution in [2.45, 2.75) is 57.7 Å². The monoisotopic (exact) mass is 746 g/mol. The van der Waals surface area contributed by atoms with Crippen molar-refractivity contribution < 1.29 is 19.1 Å². The largest absolute Gasteiger partial charge is 0.494 e. The Labute approximate surface area is 316 Å². The summed E-state index contributed by atoms with van der Waals surface area (Å²) in [5, 5.41) is 13.1. The Bertz CT molecular complexity index is 2280. The van der Waals surface area contributed by atoms with Crippen LogP contribution >= 0.6 is 11.6 Å². The number of carbonyl (C=O) groups excluding carboxylic acids is 3. The van der Waals surface area contributed by atoms with E-state index >= 15 is 0 Å². The van der Waals surface area contributed by atoms with Crippen LogP contribution in [0, 0.1) is 0 Å². The molecule has 2 saturated heterocycles. The molecule has 1 unspecified atom stereocenters. The summed E-state index contributed by atoms with van der Waals surface area (Å²) >= 11 is 6.49. The lowest BCUT2D eigenvalue weighted by molar-refractivity contribution is -0.136. The number of nitrogens with zero attached hydrogens (tertiary/aromatic N) is 6. The van der Waals surface area contributed by atoms with E-state index in [0.717, 1.165) is 77.3 Å². The normalized spacial score (nSPS) is 17.4. The Kier molecular flexibility index (Phi) is 9.59. The highest BCUT2D eigenvalue weighted by atomic mass is 35.5. The van der Waals surface area contributed by atoms with Gasteiger partial charge < -0.3 is 30.5 Å². The van der Waals surface area contributed by atoms with Crippen LogP contribution in [0.15, 0.2) is 67.1 Å². The van der Waals surface area contributed by atoms with Crippen molar-refractivity contribution in [2.75, 3.05) is 41.0 Å². The summed E-state index contributed by atoms with van der Waals surface area (Å²) in [6.07, 6.45) is 8.00. The zero-order valence-electron chi connectivity index (χ0n) is 29.9. The van der Waals surface area contributed by atoms with E-state index in [1.54, 1.807) is 30.6 Å². The molecule has 1 atom stereocenters. The summed E-state index contributed by atoms with van der Waals surface area (Å²) in [6.45, 7) is 4.12. The molecule has 5 heterocycles. The maximum Gasteiger partial charge on any atom is 0.255 e. The summed E-state index contributed by atoms with van der Waals surface area (Å²) in [7, 11) is 1.65. The summed E-state index contributed by atoms with van der Waals surface area (Å²) in [5.74, 6) is 0.587. The van der Waals surface area contributed by atoms with Crippen LogP contribution in [0.1, 0.15) is 54.1 Å². The highest BCUT2D eigenvalue weighted by Gasteiger charge is 2.40. The van der Waals surface area contributed by atoms with Gasteiger partial charge in [-0.25, -0.2) is 4.98 Å². The molecule has 14 nitrogen and oxygen atoms in total. The number of benzene rings is 3. The molecule has 0 saturated carbocycles. The average Bonchev–Trinajstić information content (AvgIpc) is 3.52. The van der Waals surface area contributed by atoms with E-state index < -0.39 is 11.9 Å². The van der Waals surface area contributed by atoms with Crippen molar-refractivity contribution in [1.29, 1.82) is 0 Å². The number of aryl methyl sites for hydroxylation is 1. The number of nitrogens with one attached hydrogen (secondary N) is 4. The zero-order valence-corrected chi connectivity index (χ0v) is 30.6. The number of fused-ring (bicyclic) bond motifs is 2. The van der Waals surface area contributed by atoms with Gasteiger partial charge in [0.25, 0.3) is 5.91 Å². The maximum atomic E-state index is 13.3. The summed E-state index contributed by atoms with van der Waals surface area (Å²) < 4.78 is 5.87. The molecule has 15 heteroatoms. The summed E-state index contributed by atoms with van der Waals surface area (Å²) in [5.41, 5.74) is 7.73. The molecule has 0 spiro atoms. The number of aromatic nitrogens is 4. The Hall–Kier alpha value is -6.02. The number of anilines is 6. The van der Waals surface area contributed by atoms with E-state index in [1.165, 1.54) is 0 Å². The highest BCUT2D eigenvalue weighted by molar-refractivity contribution is 6.33. The lowest BCUT2D eigenvalue weighted by Crippen LogP contribution is -2.52. The zero-order chi connectivity index (χ0) is 37.3. The van der Waals surface area contributed by atoms with Crippen LogP contribution < -0.4 is 30.9 Å². The first-order valence-corrected chi connectivity index (χ1v) is 18.4. The van der Waals surface area contributed by atoms with Crippen LogP contribution in [0.5, 0.6) is 5.75 Å². The molecule has 8 rings (SSSR count). The fourth-order valence-electron chi connectivity index (χ4n) is 7.48. The minimum absolute atomic E-state index is 0.173. The molecule has 5 aromatic rings. The Balaban J connectivity index is 0.938. The number of halogens is 1. The van der Waals surface area contributed by atoms with Gasteiger partial charge in [0, 0.05) is 78.7 Å². The van der Waals surface area contributed by atoms with Gasteiger partial charge in [-0.05, 0) is 67.6 Å². The van der Waals surface area contributed by atoms with Crippen LogP contribution in [0.4, 0.5) is 34.5 Å². The van der Waals surface area contributed by atoms with E-state index in [4.69, 9.17) is 16.3 Å². The van der Waals surface area contributed by atoms with Gasteiger partial charge >= 0.3 is 0 Å². The molecule has 3 amide bonds. The molecule has 2 aromatic heterocycles. The third-order valence-electron chi connectivity index (χ3n) is 10.3. The number of imide groups is 1. The van der Waals surface area contributed by atoms with E-state index in [1.807, 2.05) is 36.4 Å². The molecule has 54 heavy (non-hydrogen) atoms. The molecule has 2 fully saturated rings. The van der Waals surface area contributed by atoms with E-state index in [2.05, 4.69) is 65.2 Å². The fourth-order valence-corrected chi connectivity index (χ4v) is 7.62. The Morgan fingerprint density at radius 1 is 0.944 bits per heavy atom. The smallest absolute Gasteiger partial charge is 0.255 e. The van der Waals surface area contributed by atoms with Gasteiger partial charge in [0.2, 0.25) is 17.8 Å². The van der Waals surface area contributed by atoms with Crippen LogP contribution in [-0.4, -0.2) is 74.8 Å². The molecule has 276 valence electrons. The molecule has 3 aliphatic heterocycles. The molecule has 3 aromatic carbocycles. The van der Waals surface area contributed by atoms with Crippen LogP contribution in [0.25, 0.3) is 11.0 Å². The number of hydrogen-bond donors (Lipinski definition) is 4. The molecule has 0 bridgehead atoms. The molecule has 0 radical (unpaired) electrons. The van der Waals surface area contributed by atoms with Gasteiger partial charge in [-0.15, -0.1) is 0 Å². The van der Waals surface area contributed by atoms with Crippen molar-refractivity contribution in [3.8, 4) is 5.75 Å². The number of amides is 3.